The maximum Gasteiger partial charge on any atom is 0.0626 e. The molecule has 1 saturated heterocycles. The Morgan fingerprint density at radius 1 is 1.46 bits per heavy atom. The van der Waals surface area contributed by atoms with Crippen molar-refractivity contribution in [2.75, 3.05) is 33.4 Å². The Bertz CT molecular complexity index is 133. The summed E-state index contributed by atoms with van der Waals surface area (Å²) in [6, 6.07) is 0.179. The summed E-state index contributed by atoms with van der Waals surface area (Å²) in [5, 5.41) is 0. The Hall–Kier alpha value is -0.120. The smallest absolute Gasteiger partial charge is 0.0626 e. The number of piperidine rings is 1. The minimum absolute atomic E-state index is 0.179. The first-order valence-corrected chi connectivity index (χ1v) is 5.19. The van der Waals surface area contributed by atoms with Gasteiger partial charge in [0, 0.05) is 19.7 Å². The largest absolute Gasteiger partial charge is 0.383 e. The van der Waals surface area contributed by atoms with Gasteiger partial charge in [0.05, 0.1) is 6.61 Å². The van der Waals surface area contributed by atoms with E-state index >= 15 is 0 Å². The minimum atomic E-state index is 0.179. The molecule has 0 aliphatic carbocycles. The van der Waals surface area contributed by atoms with Gasteiger partial charge in [-0.25, -0.2) is 0 Å². The molecule has 78 valence electrons. The normalized spacial score (nSPS) is 23.3. The summed E-state index contributed by atoms with van der Waals surface area (Å²) in [5.41, 5.74) is 5.88. The molecule has 1 aliphatic heterocycles. The van der Waals surface area contributed by atoms with E-state index in [-0.39, 0.29) is 6.04 Å². The third kappa shape index (κ3) is 4.07. The molecule has 2 N–H and O–H groups in total. The topological polar surface area (TPSA) is 38.5 Å². The number of ether oxygens (including phenoxy) is 1. The molecule has 1 unspecified atom stereocenters. The first-order chi connectivity index (χ1) is 6.22. The van der Waals surface area contributed by atoms with Gasteiger partial charge in [0.2, 0.25) is 0 Å². The highest BCUT2D eigenvalue weighted by Crippen LogP contribution is 2.15. The Morgan fingerprint density at radius 3 is 2.62 bits per heavy atom. The van der Waals surface area contributed by atoms with Crippen molar-refractivity contribution in [1.29, 1.82) is 0 Å². The molecule has 0 aromatic heterocycles. The highest BCUT2D eigenvalue weighted by atomic mass is 16.5. The fraction of sp³-hybridized carbons (Fsp3) is 1.00. The fourth-order valence-corrected chi connectivity index (χ4v) is 1.84. The summed E-state index contributed by atoms with van der Waals surface area (Å²) in [7, 11) is 1.71. The van der Waals surface area contributed by atoms with Gasteiger partial charge in [0.25, 0.3) is 0 Å². The van der Waals surface area contributed by atoms with Crippen LogP contribution in [0.1, 0.15) is 19.8 Å². The molecule has 0 bridgehead atoms. The Kier molecular flexibility index (Phi) is 4.70. The predicted molar refractivity (Wildman–Crippen MR) is 54.7 cm³/mol. The lowest BCUT2D eigenvalue weighted by molar-refractivity contribution is 0.134. The number of hydrogen-bond donors (Lipinski definition) is 1. The number of nitrogens with two attached hydrogens (primary N) is 1. The molecule has 1 rings (SSSR count). The Labute approximate surface area is 81.2 Å². The van der Waals surface area contributed by atoms with Crippen molar-refractivity contribution in [2.45, 2.75) is 25.8 Å². The van der Waals surface area contributed by atoms with Crippen molar-refractivity contribution >= 4 is 0 Å². The standard InChI is InChI=1S/C10H22N2O/c1-9-3-5-12(6-4-9)7-10(11)8-13-2/h9-10H,3-8,11H2,1-2H3. The third-order valence-corrected chi connectivity index (χ3v) is 2.75. The molecule has 0 radical (unpaired) electrons. The molecule has 1 aliphatic rings. The zero-order valence-electron chi connectivity index (χ0n) is 8.83. The SMILES string of the molecule is COCC(N)CN1CCC(C)CC1. The van der Waals surface area contributed by atoms with Gasteiger partial charge in [-0.3, -0.25) is 0 Å². The van der Waals surface area contributed by atoms with Crippen LogP contribution in [0.3, 0.4) is 0 Å². The average Bonchev–Trinajstić information content (AvgIpc) is 2.09. The van der Waals surface area contributed by atoms with E-state index in [0.717, 1.165) is 12.5 Å². The molecular formula is C10H22N2O. The molecule has 0 aromatic carbocycles. The summed E-state index contributed by atoms with van der Waals surface area (Å²) in [4.78, 5) is 2.45. The molecule has 0 aromatic rings. The summed E-state index contributed by atoms with van der Waals surface area (Å²) >= 11 is 0. The van der Waals surface area contributed by atoms with Gasteiger partial charge in [-0.15, -0.1) is 0 Å². The molecule has 0 saturated carbocycles. The summed E-state index contributed by atoms with van der Waals surface area (Å²) < 4.78 is 5.01. The number of likely N-dealkylation sites (tertiary alicyclic amines) is 1. The molecule has 1 heterocycles. The van der Waals surface area contributed by atoms with E-state index in [9.17, 15) is 0 Å². The highest BCUT2D eigenvalue weighted by Gasteiger charge is 2.17. The molecule has 3 nitrogen and oxygen atoms in total. The van der Waals surface area contributed by atoms with Crippen LogP contribution in [-0.2, 0) is 4.74 Å². The van der Waals surface area contributed by atoms with Crippen molar-refractivity contribution in [3.8, 4) is 0 Å². The second-order valence-corrected chi connectivity index (χ2v) is 4.20. The molecule has 13 heavy (non-hydrogen) atoms. The van der Waals surface area contributed by atoms with Crippen molar-refractivity contribution in [3.05, 3.63) is 0 Å². The van der Waals surface area contributed by atoms with E-state index in [2.05, 4.69) is 11.8 Å². The second-order valence-electron chi connectivity index (χ2n) is 4.20. The van der Waals surface area contributed by atoms with Gasteiger partial charge in [-0.05, 0) is 31.8 Å². The van der Waals surface area contributed by atoms with Crippen molar-refractivity contribution < 1.29 is 4.74 Å². The predicted octanol–water partition coefficient (Wildman–Crippen LogP) is 0.692. The maximum atomic E-state index is 5.88. The monoisotopic (exact) mass is 186 g/mol. The Morgan fingerprint density at radius 2 is 2.08 bits per heavy atom. The maximum absolute atomic E-state index is 5.88. The number of methoxy groups -OCH3 is 1. The van der Waals surface area contributed by atoms with Gasteiger partial charge < -0.3 is 15.4 Å². The van der Waals surface area contributed by atoms with E-state index in [1.807, 2.05) is 0 Å². The van der Waals surface area contributed by atoms with Crippen LogP contribution in [0.25, 0.3) is 0 Å². The highest BCUT2D eigenvalue weighted by molar-refractivity contribution is 4.73. The average molecular weight is 186 g/mol. The van der Waals surface area contributed by atoms with E-state index < -0.39 is 0 Å². The fourth-order valence-electron chi connectivity index (χ4n) is 1.84. The van der Waals surface area contributed by atoms with Crippen LogP contribution in [-0.4, -0.2) is 44.3 Å². The van der Waals surface area contributed by atoms with Gasteiger partial charge in [-0.2, -0.15) is 0 Å². The van der Waals surface area contributed by atoms with Gasteiger partial charge >= 0.3 is 0 Å². The molecule has 1 atom stereocenters. The van der Waals surface area contributed by atoms with Gasteiger partial charge in [0.15, 0.2) is 0 Å². The number of nitrogens with zero attached hydrogens (tertiary/aromatic N) is 1. The summed E-state index contributed by atoms with van der Waals surface area (Å²) in [6.07, 6.45) is 2.64. The quantitative estimate of drug-likeness (QED) is 0.702. The molecule has 1 fully saturated rings. The van der Waals surface area contributed by atoms with Crippen LogP contribution in [0.2, 0.25) is 0 Å². The van der Waals surface area contributed by atoms with Crippen LogP contribution >= 0.6 is 0 Å². The zero-order chi connectivity index (χ0) is 9.68. The molecule has 0 spiro atoms. The summed E-state index contributed by atoms with van der Waals surface area (Å²) in [5.74, 6) is 0.898. The zero-order valence-corrected chi connectivity index (χ0v) is 8.83. The van der Waals surface area contributed by atoms with Gasteiger partial charge in [-0.1, -0.05) is 6.92 Å². The van der Waals surface area contributed by atoms with Crippen LogP contribution < -0.4 is 5.73 Å². The van der Waals surface area contributed by atoms with E-state index in [4.69, 9.17) is 10.5 Å². The second kappa shape index (κ2) is 5.58. The van der Waals surface area contributed by atoms with E-state index in [1.54, 1.807) is 7.11 Å². The molecule has 3 heteroatoms. The van der Waals surface area contributed by atoms with Crippen LogP contribution in [0.4, 0.5) is 0 Å². The minimum Gasteiger partial charge on any atom is -0.383 e. The van der Waals surface area contributed by atoms with Crippen LogP contribution in [0.5, 0.6) is 0 Å². The van der Waals surface area contributed by atoms with Crippen LogP contribution in [0, 0.1) is 5.92 Å². The first kappa shape index (κ1) is 11.0. The van der Waals surface area contributed by atoms with Crippen LogP contribution in [0.15, 0.2) is 0 Å². The van der Waals surface area contributed by atoms with E-state index in [0.29, 0.717) is 6.61 Å². The van der Waals surface area contributed by atoms with Crippen molar-refractivity contribution in [1.82, 2.24) is 4.90 Å². The Balaban J connectivity index is 2.14. The molecule has 0 amide bonds. The summed E-state index contributed by atoms with van der Waals surface area (Å²) in [6.45, 7) is 6.40. The van der Waals surface area contributed by atoms with Crippen molar-refractivity contribution in [2.24, 2.45) is 11.7 Å². The lowest BCUT2D eigenvalue weighted by Gasteiger charge is -2.31. The lowest BCUT2D eigenvalue weighted by Crippen LogP contribution is -2.43. The van der Waals surface area contributed by atoms with Crippen molar-refractivity contribution in [3.63, 3.8) is 0 Å². The third-order valence-electron chi connectivity index (χ3n) is 2.75. The molecular weight excluding hydrogens is 164 g/mol. The lowest BCUT2D eigenvalue weighted by atomic mass is 9.99. The van der Waals surface area contributed by atoms with E-state index in [1.165, 1.54) is 25.9 Å². The first-order valence-electron chi connectivity index (χ1n) is 5.19. The van der Waals surface area contributed by atoms with Gasteiger partial charge in [0.1, 0.15) is 0 Å². The number of rotatable bonds is 4. The number of hydrogen-bond acceptors (Lipinski definition) is 3.